The third-order valence-corrected chi connectivity index (χ3v) is 6.47. The van der Waals surface area contributed by atoms with Gasteiger partial charge < -0.3 is 14.7 Å². The van der Waals surface area contributed by atoms with Gasteiger partial charge in [0.2, 0.25) is 0 Å². The SMILES string of the molecule is CCN(CC)CCOC(=O)C(C1CCCCC1)C1(O)CCCCCC1.Cl. The van der Waals surface area contributed by atoms with Crippen LogP contribution in [0.1, 0.15) is 84.5 Å². The zero-order valence-corrected chi connectivity index (χ0v) is 17.7. The number of ether oxygens (including phenoxy) is 1. The number of nitrogens with zero attached hydrogens (tertiary/aromatic N) is 1. The highest BCUT2D eigenvalue weighted by molar-refractivity contribution is 5.85. The molecule has 4 nitrogen and oxygen atoms in total. The third kappa shape index (κ3) is 6.69. The van der Waals surface area contributed by atoms with Gasteiger partial charge in [-0.3, -0.25) is 4.79 Å². The number of carbonyl (C=O) groups excluding carboxylic acids is 1. The normalized spacial score (nSPS) is 22.3. The Morgan fingerprint density at radius 2 is 1.58 bits per heavy atom. The Kier molecular flexibility index (Phi) is 11.1. The molecule has 0 spiro atoms. The summed E-state index contributed by atoms with van der Waals surface area (Å²) in [7, 11) is 0. The number of halogens is 1. The van der Waals surface area contributed by atoms with E-state index in [9.17, 15) is 9.90 Å². The van der Waals surface area contributed by atoms with Gasteiger partial charge in [0.1, 0.15) is 6.61 Å². The highest BCUT2D eigenvalue weighted by Crippen LogP contribution is 2.42. The lowest BCUT2D eigenvalue weighted by molar-refractivity contribution is -0.166. The number of esters is 1. The third-order valence-electron chi connectivity index (χ3n) is 6.47. The fourth-order valence-electron chi connectivity index (χ4n) is 4.87. The molecule has 0 aromatic heterocycles. The van der Waals surface area contributed by atoms with Crippen LogP contribution in [0.4, 0.5) is 0 Å². The molecule has 0 radical (unpaired) electrons. The van der Waals surface area contributed by atoms with Crippen molar-refractivity contribution in [2.24, 2.45) is 11.8 Å². The molecule has 0 heterocycles. The Morgan fingerprint density at radius 1 is 1.04 bits per heavy atom. The molecule has 0 bridgehead atoms. The van der Waals surface area contributed by atoms with Crippen molar-refractivity contribution in [1.82, 2.24) is 4.90 Å². The molecule has 1 N–H and O–H groups in total. The van der Waals surface area contributed by atoms with E-state index in [-0.39, 0.29) is 24.3 Å². The molecule has 2 saturated carbocycles. The first-order valence-electron chi connectivity index (χ1n) is 10.7. The van der Waals surface area contributed by atoms with Gasteiger partial charge in [0.25, 0.3) is 0 Å². The molecule has 154 valence electrons. The van der Waals surface area contributed by atoms with Gasteiger partial charge in [0, 0.05) is 6.54 Å². The van der Waals surface area contributed by atoms with Crippen LogP contribution in [-0.4, -0.2) is 47.8 Å². The molecule has 2 fully saturated rings. The first-order valence-corrected chi connectivity index (χ1v) is 10.7. The Morgan fingerprint density at radius 3 is 2.12 bits per heavy atom. The maximum atomic E-state index is 13.0. The molecule has 0 aromatic carbocycles. The molecular formula is C21H40ClNO3. The Bertz CT molecular complexity index is 387. The fourth-order valence-corrected chi connectivity index (χ4v) is 4.87. The number of hydrogen-bond donors (Lipinski definition) is 1. The zero-order valence-electron chi connectivity index (χ0n) is 16.9. The van der Waals surface area contributed by atoms with Crippen molar-refractivity contribution >= 4 is 18.4 Å². The lowest BCUT2D eigenvalue weighted by Gasteiger charge is -2.40. The molecule has 0 amide bonds. The first kappa shape index (κ1) is 23.7. The number of likely N-dealkylation sites (N-methyl/N-ethyl adjacent to an activating group) is 1. The molecule has 1 atom stereocenters. The van der Waals surface area contributed by atoms with E-state index < -0.39 is 5.60 Å². The largest absolute Gasteiger partial charge is 0.464 e. The highest BCUT2D eigenvalue weighted by atomic mass is 35.5. The monoisotopic (exact) mass is 389 g/mol. The van der Waals surface area contributed by atoms with E-state index in [4.69, 9.17) is 4.74 Å². The smallest absolute Gasteiger partial charge is 0.312 e. The Hall–Kier alpha value is -0.320. The molecule has 0 aliphatic heterocycles. The Labute approximate surface area is 166 Å². The molecule has 0 saturated heterocycles. The molecule has 26 heavy (non-hydrogen) atoms. The number of aliphatic hydroxyl groups is 1. The maximum Gasteiger partial charge on any atom is 0.312 e. The van der Waals surface area contributed by atoms with Crippen molar-refractivity contribution in [3.8, 4) is 0 Å². The van der Waals surface area contributed by atoms with Gasteiger partial charge in [-0.25, -0.2) is 0 Å². The molecule has 2 aliphatic carbocycles. The van der Waals surface area contributed by atoms with Crippen LogP contribution in [0.15, 0.2) is 0 Å². The fraction of sp³-hybridized carbons (Fsp3) is 0.952. The minimum atomic E-state index is -0.842. The van der Waals surface area contributed by atoms with E-state index in [1.165, 1.54) is 32.1 Å². The summed E-state index contributed by atoms with van der Waals surface area (Å²) in [5, 5.41) is 11.4. The lowest BCUT2D eigenvalue weighted by atomic mass is 9.69. The van der Waals surface area contributed by atoms with Crippen molar-refractivity contribution in [3.05, 3.63) is 0 Å². The molecule has 2 aliphatic rings. The van der Waals surface area contributed by atoms with E-state index >= 15 is 0 Å². The van der Waals surface area contributed by atoms with Crippen molar-refractivity contribution in [2.45, 2.75) is 90.1 Å². The van der Waals surface area contributed by atoms with Crippen LogP contribution in [0.5, 0.6) is 0 Å². The van der Waals surface area contributed by atoms with Gasteiger partial charge in [0.15, 0.2) is 0 Å². The van der Waals surface area contributed by atoms with Crippen LogP contribution >= 0.6 is 12.4 Å². The summed E-state index contributed by atoms with van der Waals surface area (Å²) < 4.78 is 5.71. The van der Waals surface area contributed by atoms with Crippen molar-refractivity contribution in [2.75, 3.05) is 26.2 Å². The molecule has 1 unspecified atom stereocenters. The summed E-state index contributed by atoms with van der Waals surface area (Å²) in [5.74, 6) is -0.149. The summed E-state index contributed by atoms with van der Waals surface area (Å²) in [6, 6.07) is 0. The number of hydrogen-bond acceptors (Lipinski definition) is 4. The van der Waals surface area contributed by atoms with E-state index in [0.29, 0.717) is 12.5 Å². The second-order valence-corrected chi connectivity index (χ2v) is 8.09. The number of rotatable bonds is 8. The second kappa shape index (κ2) is 12.2. The average molecular weight is 390 g/mol. The van der Waals surface area contributed by atoms with E-state index in [1.54, 1.807) is 0 Å². The molecule has 0 aromatic rings. The van der Waals surface area contributed by atoms with Gasteiger partial charge in [-0.15, -0.1) is 12.4 Å². The highest BCUT2D eigenvalue weighted by Gasteiger charge is 2.46. The summed E-state index contributed by atoms with van der Waals surface area (Å²) in [4.78, 5) is 15.3. The quantitative estimate of drug-likeness (QED) is 0.487. The molecule has 2 rings (SSSR count). The number of carbonyl (C=O) groups is 1. The first-order chi connectivity index (χ1) is 12.1. The van der Waals surface area contributed by atoms with Gasteiger partial charge >= 0.3 is 5.97 Å². The molecule has 5 heteroatoms. The van der Waals surface area contributed by atoms with E-state index in [0.717, 1.165) is 58.2 Å². The minimum Gasteiger partial charge on any atom is -0.464 e. The van der Waals surface area contributed by atoms with Gasteiger partial charge in [-0.2, -0.15) is 0 Å². The maximum absolute atomic E-state index is 13.0. The predicted octanol–water partition coefficient (Wildman–Crippen LogP) is 4.58. The van der Waals surface area contributed by atoms with Crippen molar-refractivity contribution in [1.29, 1.82) is 0 Å². The standard InChI is InChI=1S/C21H39NO3.ClH/c1-3-22(4-2)16-17-25-20(23)19(18-12-8-7-9-13-18)21(24)14-10-5-6-11-15-21;/h18-19,24H,3-17H2,1-2H3;1H. The summed E-state index contributed by atoms with van der Waals surface area (Å²) in [6.45, 7) is 7.44. The van der Waals surface area contributed by atoms with Crippen molar-refractivity contribution < 1.29 is 14.6 Å². The minimum absolute atomic E-state index is 0. The van der Waals surface area contributed by atoms with Crippen molar-refractivity contribution in [3.63, 3.8) is 0 Å². The summed E-state index contributed by atoms with van der Waals surface area (Å²) in [6.07, 6.45) is 11.7. The zero-order chi connectivity index (χ0) is 18.1. The lowest BCUT2D eigenvalue weighted by Crippen LogP contribution is -2.47. The van der Waals surface area contributed by atoms with Crippen LogP contribution < -0.4 is 0 Å². The Balaban J connectivity index is 0.00000338. The van der Waals surface area contributed by atoms with E-state index in [1.807, 2.05) is 0 Å². The summed E-state index contributed by atoms with van der Waals surface area (Å²) >= 11 is 0. The second-order valence-electron chi connectivity index (χ2n) is 8.09. The molecular weight excluding hydrogens is 350 g/mol. The van der Waals surface area contributed by atoms with Crippen LogP contribution in [0.3, 0.4) is 0 Å². The predicted molar refractivity (Wildman–Crippen MR) is 109 cm³/mol. The van der Waals surface area contributed by atoms with Gasteiger partial charge in [-0.1, -0.05) is 58.8 Å². The van der Waals surface area contributed by atoms with Gasteiger partial charge in [0.05, 0.1) is 11.5 Å². The topological polar surface area (TPSA) is 49.8 Å². The summed E-state index contributed by atoms with van der Waals surface area (Å²) in [5.41, 5.74) is -0.842. The van der Waals surface area contributed by atoms with Crippen LogP contribution in [0.25, 0.3) is 0 Å². The van der Waals surface area contributed by atoms with Gasteiger partial charge in [-0.05, 0) is 44.7 Å². The average Bonchev–Trinajstić information content (AvgIpc) is 2.85. The van der Waals surface area contributed by atoms with Crippen LogP contribution in [-0.2, 0) is 9.53 Å². The van der Waals surface area contributed by atoms with E-state index in [2.05, 4.69) is 18.7 Å². The van der Waals surface area contributed by atoms with Crippen LogP contribution in [0, 0.1) is 11.8 Å². The van der Waals surface area contributed by atoms with Crippen LogP contribution in [0.2, 0.25) is 0 Å².